The number of H-pyrrole nitrogens is 1. The first kappa shape index (κ1) is 20.8. The van der Waals surface area contributed by atoms with E-state index in [0.29, 0.717) is 5.84 Å². The van der Waals surface area contributed by atoms with Gasteiger partial charge in [-0.3, -0.25) is 0 Å². The summed E-state index contributed by atoms with van der Waals surface area (Å²) in [4.78, 5) is 13.8. The lowest BCUT2D eigenvalue weighted by Crippen LogP contribution is -2.10. The summed E-state index contributed by atoms with van der Waals surface area (Å²) < 4.78 is 0. The van der Waals surface area contributed by atoms with Gasteiger partial charge in [-0.15, -0.1) is 11.3 Å². The van der Waals surface area contributed by atoms with E-state index in [1.807, 2.05) is 48.0 Å². The van der Waals surface area contributed by atoms with Gasteiger partial charge >= 0.3 is 0 Å². The first-order valence-corrected chi connectivity index (χ1v) is 11.4. The number of amidine groups is 1. The van der Waals surface area contributed by atoms with Gasteiger partial charge in [0.1, 0.15) is 11.7 Å². The van der Waals surface area contributed by atoms with Crippen LogP contribution in [0.5, 0.6) is 0 Å². The Hall–Kier alpha value is -3.44. The Morgan fingerprint density at radius 2 is 1.97 bits per heavy atom. The van der Waals surface area contributed by atoms with Gasteiger partial charge in [0.2, 0.25) is 0 Å². The number of rotatable bonds is 8. The molecule has 0 aliphatic carbocycles. The maximum Gasteiger partial charge on any atom is 0.141 e. The van der Waals surface area contributed by atoms with Crippen molar-refractivity contribution in [3.05, 3.63) is 101 Å². The van der Waals surface area contributed by atoms with Crippen LogP contribution in [-0.2, 0) is 0 Å². The second-order valence-corrected chi connectivity index (χ2v) is 8.24. The fourth-order valence-electron chi connectivity index (χ4n) is 3.39. The van der Waals surface area contributed by atoms with Crippen LogP contribution in [0.3, 0.4) is 0 Å². The van der Waals surface area contributed by atoms with Crippen LogP contribution in [0.2, 0.25) is 0 Å². The molecule has 5 heteroatoms. The van der Waals surface area contributed by atoms with Crippen molar-refractivity contribution in [1.29, 1.82) is 0 Å². The summed E-state index contributed by atoms with van der Waals surface area (Å²) in [7, 11) is 0. The standard InChI is InChI=1S/C26H26N4S/c1-2-3-5-14-22(19-10-6-4-7-11-19)26-28-18-23(30-26)20-12-8-13-21(17-20)29-25(27)24-15-9-16-31-24/h4,6-18H,2-3,5H2,1H3,(H2,27,29)(H,28,30). The molecule has 0 saturated carbocycles. The van der Waals surface area contributed by atoms with E-state index in [1.165, 1.54) is 12.0 Å². The molecule has 0 atom stereocenters. The Labute approximate surface area is 187 Å². The van der Waals surface area contributed by atoms with Crippen LogP contribution in [0.4, 0.5) is 5.69 Å². The van der Waals surface area contributed by atoms with Gasteiger partial charge in [-0.25, -0.2) is 9.98 Å². The lowest BCUT2D eigenvalue weighted by Gasteiger charge is -2.06. The van der Waals surface area contributed by atoms with Crippen molar-refractivity contribution in [2.75, 3.05) is 0 Å². The van der Waals surface area contributed by atoms with Crippen molar-refractivity contribution in [3.63, 3.8) is 0 Å². The Kier molecular flexibility index (Phi) is 6.75. The zero-order valence-corrected chi connectivity index (χ0v) is 18.4. The number of hydrogen-bond donors (Lipinski definition) is 2. The molecule has 0 unspecified atom stereocenters. The number of nitrogens with zero attached hydrogens (tertiary/aromatic N) is 2. The Morgan fingerprint density at radius 1 is 1.10 bits per heavy atom. The largest absolute Gasteiger partial charge is 0.383 e. The molecule has 31 heavy (non-hydrogen) atoms. The molecule has 0 bridgehead atoms. The molecule has 4 rings (SSSR count). The predicted octanol–water partition coefficient (Wildman–Crippen LogP) is 6.80. The zero-order chi connectivity index (χ0) is 21.5. The molecule has 2 heterocycles. The maximum absolute atomic E-state index is 6.16. The molecular weight excluding hydrogens is 400 g/mol. The molecule has 0 aliphatic rings. The number of thiophene rings is 1. The molecule has 4 aromatic rings. The quantitative estimate of drug-likeness (QED) is 0.185. The van der Waals surface area contributed by atoms with E-state index in [4.69, 9.17) is 10.7 Å². The third kappa shape index (κ3) is 5.19. The molecule has 2 aromatic heterocycles. The van der Waals surface area contributed by atoms with Crippen LogP contribution < -0.4 is 5.73 Å². The SMILES string of the molecule is CCCCC=C(c1ccccc1)c1ncc(-c2cccc(N=C(N)c3cccs3)c2)[nH]1. The van der Waals surface area contributed by atoms with Crippen LogP contribution >= 0.6 is 11.3 Å². The van der Waals surface area contributed by atoms with Crippen LogP contribution in [0.15, 0.2) is 89.4 Å². The molecule has 0 fully saturated rings. The van der Waals surface area contributed by atoms with E-state index in [2.05, 4.69) is 53.3 Å². The highest BCUT2D eigenvalue weighted by molar-refractivity contribution is 7.12. The van der Waals surface area contributed by atoms with Crippen molar-refractivity contribution >= 4 is 28.4 Å². The number of unbranched alkanes of at least 4 members (excludes halogenated alkanes) is 2. The summed E-state index contributed by atoms with van der Waals surface area (Å²) in [5, 5.41) is 2.00. The Bertz CT molecular complexity index is 1170. The summed E-state index contributed by atoms with van der Waals surface area (Å²) in [6, 6.07) is 22.4. The van der Waals surface area contributed by atoms with E-state index >= 15 is 0 Å². The average molecular weight is 427 g/mol. The highest BCUT2D eigenvalue weighted by Gasteiger charge is 2.11. The zero-order valence-electron chi connectivity index (χ0n) is 17.6. The summed E-state index contributed by atoms with van der Waals surface area (Å²) >= 11 is 1.59. The second-order valence-electron chi connectivity index (χ2n) is 7.30. The monoisotopic (exact) mass is 426 g/mol. The van der Waals surface area contributed by atoms with Crippen LogP contribution in [0, 0.1) is 0 Å². The fraction of sp³-hybridized carbons (Fsp3) is 0.154. The van der Waals surface area contributed by atoms with E-state index < -0.39 is 0 Å². The normalized spacial score (nSPS) is 12.3. The van der Waals surface area contributed by atoms with Gasteiger partial charge in [0.25, 0.3) is 0 Å². The van der Waals surface area contributed by atoms with Gasteiger partial charge < -0.3 is 10.7 Å². The van der Waals surface area contributed by atoms with Gasteiger partial charge in [0.15, 0.2) is 0 Å². The molecule has 156 valence electrons. The Morgan fingerprint density at radius 3 is 2.74 bits per heavy atom. The third-order valence-corrected chi connectivity index (χ3v) is 5.89. The molecule has 3 N–H and O–H groups in total. The molecule has 4 nitrogen and oxygen atoms in total. The highest BCUT2D eigenvalue weighted by Crippen LogP contribution is 2.27. The molecule has 0 aliphatic heterocycles. The first-order valence-electron chi connectivity index (χ1n) is 10.5. The highest BCUT2D eigenvalue weighted by atomic mass is 32.1. The molecule has 0 amide bonds. The van der Waals surface area contributed by atoms with E-state index in [1.54, 1.807) is 11.3 Å². The van der Waals surface area contributed by atoms with Gasteiger partial charge in [-0.05, 0) is 35.6 Å². The topological polar surface area (TPSA) is 67.1 Å². The second kappa shape index (κ2) is 10.0. The van der Waals surface area contributed by atoms with Crippen molar-refractivity contribution in [1.82, 2.24) is 9.97 Å². The minimum absolute atomic E-state index is 0.530. The van der Waals surface area contributed by atoms with Gasteiger partial charge in [0.05, 0.1) is 22.5 Å². The van der Waals surface area contributed by atoms with Crippen molar-refractivity contribution < 1.29 is 0 Å². The van der Waals surface area contributed by atoms with Gasteiger partial charge in [-0.1, -0.05) is 74.4 Å². The first-order chi connectivity index (χ1) is 15.2. The minimum atomic E-state index is 0.530. The third-order valence-electron chi connectivity index (χ3n) is 5.00. The lowest BCUT2D eigenvalue weighted by atomic mass is 10.0. The minimum Gasteiger partial charge on any atom is -0.383 e. The number of allylic oxidation sites excluding steroid dienone is 1. The summed E-state index contributed by atoms with van der Waals surface area (Å²) in [5.41, 5.74) is 11.3. The maximum atomic E-state index is 6.16. The van der Waals surface area contributed by atoms with Crippen LogP contribution in [-0.4, -0.2) is 15.8 Å². The van der Waals surface area contributed by atoms with E-state index in [-0.39, 0.29) is 0 Å². The Balaban J connectivity index is 1.63. The van der Waals surface area contributed by atoms with Crippen LogP contribution in [0.25, 0.3) is 16.8 Å². The van der Waals surface area contributed by atoms with E-state index in [9.17, 15) is 0 Å². The van der Waals surface area contributed by atoms with Crippen molar-refractivity contribution in [3.8, 4) is 11.3 Å². The molecule has 0 saturated heterocycles. The van der Waals surface area contributed by atoms with Crippen molar-refractivity contribution in [2.24, 2.45) is 10.7 Å². The fourth-order valence-corrected chi connectivity index (χ4v) is 4.01. The molecule has 2 aromatic carbocycles. The summed E-state index contributed by atoms with van der Waals surface area (Å²) in [6.07, 6.45) is 7.53. The van der Waals surface area contributed by atoms with Crippen molar-refractivity contribution in [2.45, 2.75) is 26.2 Å². The number of benzene rings is 2. The number of aromatic amines is 1. The predicted molar refractivity (Wildman–Crippen MR) is 132 cm³/mol. The molecule has 0 spiro atoms. The number of aliphatic imine (C=N–C) groups is 1. The van der Waals surface area contributed by atoms with Crippen LogP contribution in [0.1, 0.15) is 42.5 Å². The number of nitrogens with one attached hydrogen (secondary N) is 1. The summed E-state index contributed by atoms with van der Waals surface area (Å²) in [6.45, 7) is 2.21. The number of nitrogens with two attached hydrogens (primary N) is 1. The van der Waals surface area contributed by atoms with E-state index in [0.717, 1.165) is 46.1 Å². The number of imidazole rings is 1. The number of aromatic nitrogens is 2. The van der Waals surface area contributed by atoms with Gasteiger partial charge in [0, 0.05) is 11.1 Å². The molecular formula is C26H26N4S. The van der Waals surface area contributed by atoms with Gasteiger partial charge in [-0.2, -0.15) is 0 Å². The lowest BCUT2D eigenvalue weighted by molar-refractivity contribution is 0.815. The summed E-state index contributed by atoms with van der Waals surface area (Å²) in [5.74, 6) is 1.41. The number of hydrogen-bond acceptors (Lipinski definition) is 3. The smallest absolute Gasteiger partial charge is 0.141 e. The average Bonchev–Trinajstić information content (AvgIpc) is 3.50. The molecule has 0 radical (unpaired) electrons.